The molecule has 25 heavy (non-hydrogen) atoms. The van der Waals surface area contributed by atoms with Crippen LogP contribution in [0.15, 0.2) is 18.3 Å². The van der Waals surface area contributed by atoms with Crippen molar-refractivity contribution in [3.8, 4) is 0 Å². The van der Waals surface area contributed by atoms with Gasteiger partial charge in [0.2, 0.25) is 0 Å². The Labute approximate surface area is 150 Å². The number of H-pyrrole nitrogens is 1. The van der Waals surface area contributed by atoms with Crippen LogP contribution < -0.4 is 5.32 Å². The SMILES string of the molecule is CCn1c([C@@H](Cc2ccc(F)cn2)NC(=O)OC(C)(C)C)n[nH]c1=S. The van der Waals surface area contributed by atoms with E-state index in [0.29, 0.717) is 29.3 Å². The van der Waals surface area contributed by atoms with Crippen LogP contribution in [-0.4, -0.2) is 31.4 Å². The van der Waals surface area contributed by atoms with Crippen molar-refractivity contribution in [1.29, 1.82) is 0 Å². The summed E-state index contributed by atoms with van der Waals surface area (Å²) in [6, 6.07) is 2.36. The lowest BCUT2D eigenvalue weighted by Gasteiger charge is -2.23. The van der Waals surface area contributed by atoms with Crippen LogP contribution in [0.1, 0.15) is 45.3 Å². The molecular formula is C16H22FN5O2S. The van der Waals surface area contributed by atoms with Gasteiger partial charge in [-0.3, -0.25) is 10.1 Å². The molecule has 0 aliphatic carbocycles. The van der Waals surface area contributed by atoms with Crippen molar-refractivity contribution in [2.75, 3.05) is 0 Å². The number of rotatable bonds is 5. The number of carbonyl (C=O) groups is 1. The molecule has 136 valence electrons. The number of pyridine rings is 1. The van der Waals surface area contributed by atoms with Gasteiger partial charge in [0, 0.05) is 18.7 Å². The van der Waals surface area contributed by atoms with E-state index in [1.54, 1.807) is 31.4 Å². The van der Waals surface area contributed by atoms with E-state index in [2.05, 4.69) is 20.5 Å². The minimum absolute atomic E-state index is 0.319. The highest BCUT2D eigenvalue weighted by Crippen LogP contribution is 2.18. The molecule has 1 atom stereocenters. The molecule has 0 aromatic carbocycles. The average molecular weight is 367 g/mol. The van der Waals surface area contributed by atoms with E-state index in [-0.39, 0.29) is 0 Å². The molecule has 2 N–H and O–H groups in total. The fourth-order valence-corrected chi connectivity index (χ4v) is 2.56. The summed E-state index contributed by atoms with van der Waals surface area (Å²) < 4.78 is 20.6. The van der Waals surface area contributed by atoms with Gasteiger partial charge in [0.05, 0.1) is 12.2 Å². The zero-order valence-electron chi connectivity index (χ0n) is 14.7. The molecule has 2 rings (SSSR count). The molecule has 7 nitrogen and oxygen atoms in total. The van der Waals surface area contributed by atoms with E-state index in [1.807, 2.05) is 6.92 Å². The second-order valence-electron chi connectivity index (χ2n) is 6.50. The molecule has 0 bridgehead atoms. The molecule has 0 unspecified atom stereocenters. The molecule has 2 heterocycles. The van der Waals surface area contributed by atoms with Gasteiger partial charge in [-0.25, -0.2) is 9.18 Å². The van der Waals surface area contributed by atoms with Crippen LogP contribution in [0.2, 0.25) is 0 Å². The van der Waals surface area contributed by atoms with Crippen LogP contribution >= 0.6 is 12.2 Å². The van der Waals surface area contributed by atoms with Crippen molar-refractivity contribution in [3.05, 3.63) is 40.4 Å². The number of aromatic amines is 1. The molecule has 2 aromatic rings. The number of nitrogens with zero attached hydrogens (tertiary/aromatic N) is 3. The quantitative estimate of drug-likeness (QED) is 0.792. The van der Waals surface area contributed by atoms with Gasteiger partial charge in [0.25, 0.3) is 0 Å². The van der Waals surface area contributed by atoms with Crippen LogP contribution in [0.3, 0.4) is 0 Å². The molecule has 2 aromatic heterocycles. The van der Waals surface area contributed by atoms with Gasteiger partial charge in [-0.05, 0) is 52.0 Å². The summed E-state index contributed by atoms with van der Waals surface area (Å²) in [7, 11) is 0. The zero-order chi connectivity index (χ0) is 18.6. The predicted molar refractivity (Wildman–Crippen MR) is 93.1 cm³/mol. The molecule has 9 heteroatoms. The third-order valence-electron chi connectivity index (χ3n) is 3.31. The number of carbonyl (C=O) groups excluding carboxylic acids is 1. The lowest BCUT2D eigenvalue weighted by molar-refractivity contribution is 0.0500. The maximum Gasteiger partial charge on any atom is 0.408 e. The minimum atomic E-state index is -0.627. The summed E-state index contributed by atoms with van der Waals surface area (Å²) >= 11 is 5.21. The maximum absolute atomic E-state index is 13.1. The molecule has 0 spiro atoms. The first-order valence-electron chi connectivity index (χ1n) is 7.94. The highest BCUT2D eigenvalue weighted by molar-refractivity contribution is 7.71. The normalized spacial score (nSPS) is 12.7. The summed E-state index contributed by atoms with van der Waals surface area (Å²) in [5.74, 6) is 0.140. The Morgan fingerprint density at radius 1 is 1.48 bits per heavy atom. The number of amides is 1. The lowest BCUT2D eigenvalue weighted by Crippen LogP contribution is -2.37. The molecular weight excluding hydrogens is 345 g/mol. The van der Waals surface area contributed by atoms with E-state index < -0.39 is 23.6 Å². The van der Waals surface area contributed by atoms with Gasteiger partial charge in [-0.15, -0.1) is 0 Å². The number of nitrogens with one attached hydrogen (secondary N) is 2. The third kappa shape index (κ3) is 5.35. The Balaban J connectivity index is 2.28. The largest absolute Gasteiger partial charge is 0.444 e. The number of alkyl carbamates (subject to hydrolysis) is 1. The molecule has 0 saturated carbocycles. The van der Waals surface area contributed by atoms with Gasteiger partial charge in [0.15, 0.2) is 10.6 Å². The molecule has 0 saturated heterocycles. The Kier molecular flexibility index (Phi) is 5.89. The van der Waals surface area contributed by atoms with Gasteiger partial charge in [-0.1, -0.05) is 0 Å². The highest BCUT2D eigenvalue weighted by Gasteiger charge is 2.24. The number of hydrogen-bond acceptors (Lipinski definition) is 5. The topological polar surface area (TPSA) is 84.8 Å². The number of aromatic nitrogens is 4. The van der Waals surface area contributed by atoms with Crippen LogP contribution in [0.25, 0.3) is 0 Å². The van der Waals surface area contributed by atoms with Crippen molar-refractivity contribution in [3.63, 3.8) is 0 Å². The fourth-order valence-electron chi connectivity index (χ4n) is 2.29. The molecule has 1 amide bonds. The minimum Gasteiger partial charge on any atom is -0.444 e. The van der Waals surface area contributed by atoms with Crippen LogP contribution in [0, 0.1) is 10.6 Å². The molecule has 0 aliphatic rings. The Hall–Kier alpha value is -2.29. The first kappa shape index (κ1) is 19.0. The van der Waals surface area contributed by atoms with E-state index in [0.717, 1.165) is 6.20 Å². The monoisotopic (exact) mass is 367 g/mol. The van der Waals surface area contributed by atoms with Crippen LogP contribution in [0.5, 0.6) is 0 Å². The summed E-state index contributed by atoms with van der Waals surface area (Å²) in [5.41, 5.74) is -0.0165. The highest BCUT2D eigenvalue weighted by atomic mass is 32.1. The van der Waals surface area contributed by atoms with Gasteiger partial charge in [0.1, 0.15) is 11.4 Å². The van der Waals surface area contributed by atoms with Crippen molar-refractivity contribution in [1.82, 2.24) is 25.1 Å². The number of hydrogen-bond donors (Lipinski definition) is 2. The average Bonchev–Trinajstić information content (AvgIpc) is 2.87. The maximum atomic E-state index is 13.1. The predicted octanol–water partition coefficient (Wildman–Crippen LogP) is 3.30. The summed E-state index contributed by atoms with van der Waals surface area (Å²) in [6.45, 7) is 7.87. The van der Waals surface area contributed by atoms with E-state index in [1.165, 1.54) is 6.07 Å². The summed E-state index contributed by atoms with van der Waals surface area (Å²) in [6.07, 6.45) is 0.881. The van der Waals surface area contributed by atoms with Gasteiger partial charge < -0.3 is 14.6 Å². The van der Waals surface area contributed by atoms with Crippen LogP contribution in [-0.2, 0) is 17.7 Å². The van der Waals surface area contributed by atoms with Crippen molar-refractivity contribution >= 4 is 18.3 Å². The fraction of sp³-hybridized carbons (Fsp3) is 0.500. The van der Waals surface area contributed by atoms with E-state index in [9.17, 15) is 9.18 Å². The second kappa shape index (κ2) is 7.73. The van der Waals surface area contributed by atoms with Crippen molar-refractivity contribution in [2.24, 2.45) is 0 Å². The smallest absolute Gasteiger partial charge is 0.408 e. The Morgan fingerprint density at radius 2 is 2.20 bits per heavy atom. The number of ether oxygens (including phenoxy) is 1. The first-order chi connectivity index (χ1) is 11.7. The van der Waals surface area contributed by atoms with E-state index >= 15 is 0 Å². The first-order valence-corrected chi connectivity index (χ1v) is 8.35. The molecule has 0 aliphatic heterocycles. The standard InChI is InChI=1S/C16H22FN5O2S/c1-5-22-13(20-21-14(22)25)12(19-15(23)24-16(2,3)4)8-11-7-6-10(17)9-18-11/h6-7,9,12H,5,8H2,1-4H3,(H,19,23)(H,21,25)/t12-/m1/s1. The summed E-state index contributed by atoms with van der Waals surface area (Å²) in [4.78, 5) is 16.3. The van der Waals surface area contributed by atoms with Crippen LogP contribution in [0.4, 0.5) is 9.18 Å². The Morgan fingerprint density at radius 3 is 2.76 bits per heavy atom. The molecule has 0 fully saturated rings. The summed E-state index contributed by atoms with van der Waals surface area (Å²) in [5, 5.41) is 9.75. The van der Waals surface area contributed by atoms with Gasteiger partial charge >= 0.3 is 6.09 Å². The van der Waals surface area contributed by atoms with Crippen molar-refractivity contribution < 1.29 is 13.9 Å². The Bertz CT molecular complexity index is 779. The van der Waals surface area contributed by atoms with Crippen molar-refractivity contribution in [2.45, 2.75) is 52.3 Å². The zero-order valence-corrected chi connectivity index (χ0v) is 15.5. The van der Waals surface area contributed by atoms with Gasteiger partial charge in [-0.2, -0.15) is 5.10 Å². The second-order valence-corrected chi connectivity index (χ2v) is 6.89. The van der Waals surface area contributed by atoms with E-state index in [4.69, 9.17) is 17.0 Å². The lowest BCUT2D eigenvalue weighted by atomic mass is 10.1. The molecule has 0 radical (unpaired) electrons. The third-order valence-corrected chi connectivity index (χ3v) is 3.62. The number of halogens is 1.